The molecule has 0 fully saturated rings. The molecule has 0 aliphatic rings. The summed E-state index contributed by atoms with van der Waals surface area (Å²) in [7, 11) is -2.25. The number of rotatable bonds is 9. The molecule has 174 valence electrons. The Kier molecular flexibility index (Phi) is 7.84. The number of methoxy groups -OCH3 is 1. The lowest BCUT2D eigenvalue weighted by Gasteiger charge is -2.24. The zero-order valence-corrected chi connectivity index (χ0v) is 19.9. The van der Waals surface area contributed by atoms with Crippen molar-refractivity contribution >= 4 is 27.3 Å². The van der Waals surface area contributed by atoms with Gasteiger partial charge in [-0.15, -0.1) is 0 Å². The van der Waals surface area contributed by atoms with E-state index in [0.29, 0.717) is 0 Å². The third-order valence-electron chi connectivity index (χ3n) is 5.10. The van der Waals surface area contributed by atoms with Gasteiger partial charge in [-0.25, -0.2) is 8.42 Å². The predicted molar refractivity (Wildman–Crippen MR) is 124 cm³/mol. The van der Waals surface area contributed by atoms with Gasteiger partial charge < -0.3 is 10.1 Å². The Labute approximate surface area is 188 Å². The van der Waals surface area contributed by atoms with Crippen LogP contribution in [0.3, 0.4) is 0 Å². The summed E-state index contributed by atoms with van der Waals surface area (Å²) in [5, 5.41) is 13.9. The maximum Gasteiger partial charge on any atom is 0.271 e. The van der Waals surface area contributed by atoms with Crippen molar-refractivity contribution in [2.45, 2.75) is 39.7 Å². The summed E-state index contributed by atoms with van der Waals surface area (Å²) in [6, 6.07) is 8.67. The first kappa shape index (κ1) is 25.1. The van der Waals surface area contributed by atoms with E-state index in [1.54, 1.807) is 7.11 Å². The Hall–Kier alpha value is -3.14. The van der Waals surface area contributed by atoms with Crippen molar-refractivity contribution in [3.05, 3.63) is 63.2 Å². The molecule has 9 nitrogen and oxygen atoms in total. The molecular weight excluding hydrogens is 434 g/mol. The van der Waals surface area contributed by atoms with E-state index in [9.17, 15) is 23.3 Å². The van der Waals surface area contributed by atoms with Crippen molar-refractivity contribution in [1.29, 1.82) is 0 Å². The molecule has 2 rings (SSSR count). The number of ether oxygens (including phenoxy) is 1. The molecule has 1 N–H and O–H groups in total. The van der Waals surface area contributed by atoms with Gasteiger partial charge in [0.15, 0.2) is 0 Å². The van der Waals surface area contributed by atoms with Crippen molar-refractivity contribution in [2.75, 3.05) is 24.2 Å². The van der Waals surface area contributed by atoms with Crippen LogP contribution in [-0.2, 0) is 14.8 Å². The van der Waals surface area contributed by atoms with Gasteiger partial charge in [0.05, 0.1) is 30.0 Å². The average molecular weight is 464 g/mol. The van der Waals surface area contributed by atoms with E-state index in [1.807, 2.05) is 39.8 Å². The first-order chi connectivity index (χ1) is 14.8. The number of hydrogen-bond donors (Lipinski definition) is 1. The minimum Gasteiger partial charge on any atom is -0.496 e. The van der Waals surface area contributed by atoms with Gasteiger partial charge in [-0.1, -0.05) is 19.9 Å². The van der Waals surface area contributed by atoms with Gasteiger partial charge >= 0.3 is 0 Å². The van der Waals surface area contributed by atoms with Gasteiger partial charge in [0.25, 0.3) is 5.69 Å². The molecule has 0 aliphatic carbocycles. The molecule has 0 saturated heterocycles. The van der Waals surface area contributed by atoms with Crippen molar-refractivity contribution in [2.24, 2.45) is 0 Å². The number of nitro benzene ring substituents is 1. The van der Waals surface area contributed by atoms with Crippen LogP contribution in [0.2, 0.25) is 0 Å². The average Bonchev–Trinajstić information content (AvgIpc) is 2.70. The van der Waals surface area contributed by atoms with Crippen LogP contribution in [0.4, 0.5) is 11.4 Å². The van der Waals surface area contributed by atoms with E-state index >= 15 is 0 Å². The topological polar surface area (TPSA) is 119 Å². The number of anilines is 1. The standard InChI is InChI=1S/C22H29N3O6S/c1-14(2)19-12-20(15(3)10-21(19)31-5)16(4)23-22(26)13-24(32(6,29)30)17-8-7-9-18(11-17)25(27)28/h7-12,14,16H,13H2,1-6H3,(H,23,26)/t16-/m0/s1. The Morgan fingerprint density at radius 3 is 2.38 bits per heavy atom. The van der Waals surface area contributed by atoms with Gasteiger partial charge in [0, 0.05) is 12.1 Å². The minimum atomic E-state index is -3.86. The second-order valence-corrected chi connectivity index (χ2v) is 9.85. The number of carbonyl (C=O) groups excluding carboxylic acids is 1. The van der Waals surface area contributed by atoms with Crippen molar-refractivity contribution in [1.82, 2.24) is 5.32 Å². The highest BCUT2D eigenvalue weighted by atomic mass is 32.2. The van der Waals surface area contributed by atoms with Crippen LogP contribution >= 0.6 is 0 Å². The number of nitrogens with zero attached hydrogens (tertiary/aromatic N) is 2. The van der Waals surface area contributed by atoms with Crippen LogP contribution in [0.1, 0.15) is 49.4 Å². The van der Waals surface area contributed by atoms with Crippen LogP contribution in [0.5, 0.6) is 5.75 Å². The Bertz CT molecular complexity index is 1110. The summed E-state index contributed by atoms with van der Waals surface area (Å²) in [5.41, 5.74) is 2.61. The molecule has 0 aliphatic heterocycles. The van der Waals surface area contributed by atoms with Crippen LogP contribution in [0, 0.1) is 17.0 Å². The van der Waals surface area contributed by atoms with Crippen molar-refractivity contribution in [3.8, 4) is 5.75 Å². The maximum atomic E-state index is 12.8. The van der Waals surface area contributed by atoms with E-state index in [-0.39, 0.29) is 17.3 Å². The Balaban J connectivity index is 2.28. The highest BCUT2D eigenvalue weighted by molar-refractivity contribution is 7.92. The van der Waals surface area contributed by atoms with Gasteiger partial charge in [-0.2, -0.15) is 0 Å². The summed E-state index contributed by atoms with van der Waals surface area (Å²) in [6.07, 6.45) is 0.949. The van der Waals surface area contributed by atoms with E-state index in [1.165, 1.54) is 18.2 Å². The fourth-order valence-electron chi connectivity index (χ4n) is 3.47. The normalized spacial score (nSPS) is 12.3. The largest absolute Gasteiger partial charge is 0.496 e. The van der Waals surface area contributed by atoms with Crippen LogP contribution in [0.15, 0.2) is 36.4 Å². The molecule has 10 heteroatoms. The molecule has 0 spiro atoms. The monoisotopic (exact) mass is 463 g/mol. The lowest BCUT2D eigenvalue weighted by molar-refractivity contribution is -0.384. The van der Waals surface area contributed by atoms with Gasteiger partial charge in [0.2, 0.25) is 15.9 Å². The zero-order valence-electron chi connectivity index (χ0n) is 19.1. The van der Waals surface area contributed by atoms with Crippen LogP contribution in [0.25, 0.3) is 0 Å². The smallest absolute Gasteiger partial charge is 0.271 e. The molecule has 0 bridgehead atoms. The number of hydrogen-bond acceptors (Lipinski definition) is 6. The summed E-state index contributed by atoms with van der Waals surface area (Å²) < 4.78 is 30.9. The quantitative estimate of drug-likeness (QED) is 0.448. The van der Waals surface area contributed by atoms with Crippen LogP contribution in [-0.4, -0.2) is 39.2 Å². The van der Waals surface area contributed by atoms with E-state index in [2.05, 4.69) is 5.32 Å². The first-order valence-corrected chi connectivity index (χ1v) is 11.9. The van der Waals surface area contributed by atoms with Gasteiger partial charge in [-0.3, -0.25) is 19.2 Å². The zero-order chi connectivity index (χ0) is 24.2. The SMILES string of the molecule is COc1cc(C)c([C@H](C)NC(=O)CN(c2cccc([N+](=O)[O-])c2)S(C)(=O)=O)cc1C(C)C. The molecule has 0 aromatic heterocycles. The third-order valence-corrected chi connectivity index (χ3v) is 6.24. The molecule has 1 atom stereocenters. The number of benzene rings is 2. The Morgan fingerprint density at radius 2 is 1.84 bits per heavy atom. The summed E-state index contributed by atoms with van der Waals surface area (Å²) in [4.78, 5) is 23.2. The maximum absolute atomic E-state index is 12.8. The van der Waals surface area contributed by atoms with Crippen molar-refractivity contribution < 1.29 is 22.9 Å². The number of carbonyl (C=O) groups is 1. The molecule has 2 aromatic carbocycles. The number of nitro groups is 1. The number of non-ortho nitro benzene ring substituents is 1. The third kappa shape index (κ3) is 5.97. The number of amides is 1. The molecule has 0 saturated carbocycles. The number of sulfonamides is 1. The van der Waals surface area contributed by atoms with Gasteiger partial charge in [-0.05, 0) is 54.7 Å². The molecule has 0 unspecified atom stereocenters. The molecule has 1 amide bonds. The molecule has 32 heavy (non-hydrogen) atoms. The van der Waals surface area contributed by atoms with Crippen molar-refractivity contribution in [3.63, 3.8) is 0 Å². The molecule has 2 aromatic rings. The molecule has 0 heterocycles. The summed E-state index contributed by atoms with van der Waals surface area (Å²) in [5.74, 6) is 0.450. The minimum absolute atomic E-state index is 0.0484. The molecule has 0 radical (unpaired) electrons. The van der Waals surface area contributed by atoms with E-state index < -0.39 is 33.4 Å². The van der Waals surface area contributed by atoms with Gasteiger partial charge in [0.1, 0.15) is 12.3 Å². The Morgan fingerprint density at radius 1 is 1.19 bits per heavy atom. The summed E-state index contributed by atoms with van der Waals surface area (Å²) >= 11 is 0. The van der Waals surface area contributed by atoms with E-state index in [4.69, 9.17) is 4.74 Å². The first-order valence-electron chi connectivity index (χ1n) is 10.0. The predicted octanol–water partition coefficient (Wildman–Crippen LogP) is 3.68. The highest BCUT2D eigenvalue weighted by Gasteiger charge is 2.24. The lowest BCUT2D eigenvalue weighted by Crippen LogP contribution is -2.41. The van der Waals surface area contributed by atoms with Crippen LogP contribution < -0.4 is 14.4 Å². The second-order valence-electron chi connectivity index (χ2n) is 7.94. The highest BCUT2D eigenvalue weighted by Crippen LogP contribution is 2.32. The van der Waals surface area contributed by atoms with E-state index in [0.717, 1.165) is 39.1 Å². The second kappa shape index (κ2) is 9.99. The molecular formula is C22H29N3O6S. The fourth-order valence-corrected chi connectivity index (χ4v) is 4.32. The number of aryl methyl sites for hydroxylation is 1. The fraction of sp³-hybridized carbons (Fsp3) is 0.409. The summed E-state index contributed by atoms with van der Waals surface area (Å²) in [6.45, 7) is 7.31. The lowest BCUT2D eigenvalue weighted by atomic mass is 9.93. The number of nitrogens with one attached hydrogen (secondary N) is 1.